The van der Waals surface area contributed by atoms with Gasteiger partial charge in [0.1, 0.15) is 5.82 Å². The fraction of sp³-hybridized carbons (Fsp3) is 0.286. The van der Waals surface area contributed by atoms with Gasteiger partial charge in [-0.25, -0.2) is 14.6 Å². The summed E-state index contributed by atoms with van der Waals surface area (Å²) in [6.45, 7) is 1.48. The summed E-state index contributed by atoms with van der Waals surface area (Å²) in [5, 5.41) is 10.2. The Labute approximate surface area is 143 Å². The summed E-state index contributed by atoms with van der Waals surface area (Å²) < 4.78 is 37.2. The van der Waals surface area contributed by atoms with Crippen LogP contribution >= 0.6 is 0 Å². The third-order valence-corrected chi connectivity index (χ3v) is 3.59. The van der Waals surface area contributed by atoms with Crippen molar-refractivity contribution in [2.75, 3.05) is 0 Å². The lowest BCUT2D eigenvalue weighted by molar-refractivity contribution is -0.144. The molecule has 12 heteroatoms. The highest BCUT2D eigenvalue weighted by atomic mass is 19.4. The third kappa shape index (κ3) is 3.84. The Morgan fingerprint density at radius 2 is 2.00 bits per heavy atom. The van der Waals surface area contributed by atoms with Crippen molar-refractivity contribution in [3.63, 3.8) is 0 Å². The van der Waals surface area contributed by atoms with Crippen molar-refractivity contribution in [1.29, 1.82) is 0 Å². The van der Waals surface area contributed by atoms with Crippen molar-refractivity contribution in [3.05, 3.63) is 45.9 Å². The van der Waals surface area contributed by atoms with E-state index in [1.165, 1.54) is 0 Å². The van der Waals surface area contributed by atoms with Crippen LogP contribution in [0.2, 0.25) is 0 Å². The fourth-order valence-electron chi connectivity index (χ4n) is 2.32. The second-order valence-electron chi connectivity index (χ2n) is 5.54. The minimum atomic E-state index is -4.65. The van der Waals surface area contributed by atoms with Crippen molar-refractivity contribution >= 4 is 17.1 Å². The first kappa shape index (κ1) is 17.5. The van der Waals surface area contributed by atoms with Crippen LogP contribution in [0.25, 0.3) is 11.0 Å². The molecule has 0 bridgehead atoms. The molecule has 0 radical (unpaired) electrons. The molecule has 1 unspecified atom stereocenters. The third-order valence-electron chi connectivity index (χ3n) is 3.59. The average molecular weight is 369 g/mol. The molecule has 0 aliphatic heterocycles. The monoisotopic (exact) mass is 369 g/mol. The number of H-pyrrole nitrogens is 3. The number of hydrogen-bond donors (Lipinski definition) is 5. The molecule has 0 spiro atoms. The highest BCUT2D eigenvalue weighted by molar-refractivity contribution is 5.76. The minimum Gasteiger partial charge on any atom is -0.332 e. The summed E-state index contributed by atoms with van der Waals surface area (Å²) in [5.74, 6) is -1.41. The van der Waals surface area contributed by atoms with Crippen molar-refractivity contribution in [2.45, 2.75) is 25.7 Å². The van der Waals surface area contributed by atoms with Gasteiger partial charge in [0, 0.05) is 0 Å². The first-order valence-electron chi connectivity index (χ1n) is 7.47. The van der Waals surface area contributed by atoms with Crippen LogP contribution in [0.3, 0.4) is 0 Å². The number of nitrogens with zero attached hydrogens (tertiary/aromatic N) is 2. The maximum absolute atomic E-state index is 12.4. The zero-order chi connectivity index (χ0) is 18.9. The molecule has 2 amide bonds. The molecule has 2 heterocycles. The van der Waals surface area contributed by atoms with Crippen LogP contribution in [-0.4, -0.2) is 31.2 Å². The van der Waals surface area contributed by atoms with Crippen LogP contribution < -0.4 is 16.3 Å². The predicted molar refractivity (Wildman–Crippen MR) is 84.1 cm³/mol. The molecule has 0 aliphatic rings. The lowest BCUT2D eigenvalue weighted by Gasteiger charge is -2.14. The zero-order valence-electron chi connectivity index (χ0n) is 13.4. The number of fused-ring (bicyclic) bond motifs is 1. The van der Waals surface area contributed by atoms with Crippen molar-refractivity contribution in [2.24, 2.45) is 0 Å². The number of halogens is 3. The molecule has 1 atom stereocenters. The Bertz CT molecular complexity index is 988. The van der Waals surface area contributed by atoms with Crippen molar-refractivity contribution < 1.29 is 18.0 Å². The first-order chi connectivity index (χ1) is 12.2. The van der Waals surface area contributed by atoms with Gasteiger partial charge in [0.25, 0.3) is 5.82 Å². The first-order valence-corrected chi connectivity index (χ1v) is 7.47. The molecule has 138 valence electrons. The molecule has 0 fully saturated rings. The number of hydrogen-bond acceptors (Lipinski definition) is 4. The van der Waals surface area contributed by atoms with Crippen LogP contribution in [-0.2, 0) is 12.7 Å². The fourth-order valence-corrected chi connectivity index (χ4v) is 2.32. The predicted octanol–water partition coefficient (Wildman–Crippen LogP) is 1.55. The van der Waals surface area contributed by atoms with Crippen molar-refractivity contribution in [1.82, 2.24) is 35.8 Å². The number of rotatable bonds is 4. The van der Waals surface area contributed by atoms with Gasteiger partial charge in [0.15, 0.2) is 0 Å². The van der Waals surface area contributed by atoms with E-state index < -0.39 is 24.1 Å². The van der Waals surface area contributed by atoms with E-state index >= 15 is 0 Å². The molecule has 5 N–H and O–H groups in total. The number of imidazole rings is 1. The van der Waals surface area contributed by atoms with E-state index in [1.807, 2.05) is 0 Å². The number of alkyl halides is 3. The van der Waals surface area contributed by atoms with Crippen LogP contribution in [0.15, 0.2) is 23.0 Å². The van der Waals surface area contributed by atoms with Gasteiger partial charge >= 0.3 is 17.9 Å². The van der Waals surface area contributed by atoms with Crippen LogP contribution in [0.5, 0.6) is 0 Å². The van der Waals surface area contributed by atoms with E-state index in [2.05, 4.69) is 35.8 Å². The van der Waals surface area contributed by atoms with Gasteiger partial charge in [-0.05, 0) is 24.6 Å². The molecule has 0 saturated carbocycles. The summed E-state index contributed by atoms with van der Waals surface area (Å²) in [7, 11) is 0. The minimum absolute atomic E-state index is 0.119. The van der Waals surface area contributed by atoms with Gasteiger partial charge in [-0.1, -0.05) is 6.07 Å². The molecule has 1 aromatic carbocycles. The van der Waals surface area contributed by atoms with E-state index in [1.54, 1.807) is 25.1 Å². The quantitative estimate of drug-likeness (QED) is 0.477. The van der Waals surface area contributed by atoms with Crippen LogP contribution in [0.4, 0.5) is 18.0 Å². The summed E-state index contributed by atoms with van der Waals surface area (Å²) in [6, 6.07) is 4.16. The average Bonchev–Trinajstić information content (AvgIpc) is 3.17. The van der Waals surface area contributed by atoms with Gasteiger partial charge < -0.3 is 20.6 Å². The molecular weight excluding hydrogens is 355 g/mol. The molecule has 3 aromatic rings. The smallest absolute Gasteiger partial charge is 0.332 e. The molecule has 0 aliphatic carbocycles. The molecular formula is C14H14F3N7O2. The van der Waals surface area contributed by atoms with Gasteiger partial charge in [-0.15, -0.1) is 5.10 Å². The van der Waals surface area contributed by atoms with E-state index in [9.17, 15) is 22.8 Å². The Kier molecular flexibility index (Phi) is 4.40. The number of carbonyl (C=O) groups is 1. The van der Waals surface area contributed by atoms with Crippen molar-refractivity contribution in [3.8, 4) is 0 Å². The number of benzene rings is 1. The second-order valence-corrected chi connectivity index (χ2v) is 5.54. The zero-order valence-corrected chi connectivity index (χ0v) is 13.4. The van der Waals surface area contributed by atoms with Gasteiger partial charge in [0.05, 0.1) is 23.6 Å². The molecule has 26 heavy (non-hydrogen) atoms. The Balaban J connectivity index is 1.58. The highest BCUT2D eigenvalue weighted by Gasteiger charge is 2.36. The molecule has 9 nitrogen and oxygen atoms in total. The molecule has 0 saturated heterocycles. The Morgan fingerprint density at radius 3 is 2.69 bits per heavy atom. The number of carbonyl (C=O) groups excluding carboxylic acids is 1. The van der Waals surface area contributed by atoms with E-state index in [4.69, 9.17) is 0 Å². The Morgan fingerprint density at radius 1 is 1.27 bits per heavy atom. The van der Waals surface area contributed by atoms with E-state index in [0.29, 0.717) is 11.0 Å². The normalized spacial score (nSPS) is 12.9. The van der Waals surface area contributed by atoms with E-state index in [0.717, 1.165) is 5.56 Å². The summed E-state index contributed by atoms with van der Waals surface area (Å²) in [6.07, 6.45) is -4.65. The topological polar surface area (TPSA) is 131 Å². The van der Waals surface area contributed by atoms with Gasteiger partial charge in [-0.3, -0.25) is 5.10 Å². The number of urea groups is 1. The standard InChI is InChI=1S/C14H14F3N7O2/c1-6(7-2-3-8-9(4-7)21-13(26)20-8)19-12(25)18-5-10-22-11(24-23-10)14(15,16)17/h2-4,6H,5H2,1H3,(H2,18,19,25)(H2,20,21,26)(H,22,23,24). The summed E-state index contributed by atoms with van der Waals surface area (Å²) >= 11 is 0. The maximum atomic E-state index is 12.4. The van der Waals surface area contributed by atoms with Gasteiger partial charge in [-0.2, -0.15) is 13.2 Å². The van der Waals surface area contributed by atoms with Gasteiger partial charge in [0.2, 0.25) is 0 Å². The summed E-state index contributed by atoms with van der Waals surface area (Å²) in [4.78, 5) is 31.6. The second kappa shape index (κ2) is 6.54. The lowest BCUT2D eigenvalue weighted by Crippen LogP contribution is -2.36. The number of aromatic amines is 3. The Hall–Kier alpha value is -3.31. The maximum Gasteiger partial charge on any atom is 0.453 e. The SMILES string of the molecule is CC(NC(=O)NCc1nc(C(F)(F)F)n[nH]1)c1ccc2[nH]c(=O)[nH]c2c1. The van der Waals surface area contributed by atoms with Crippen LogP contribution in [0, 0.1) is 0 Å². The highest BCUT2D eigenvalue weighted by Crippen LogP contribution is 2.25. The molecule has 2 aromatic heterocycles. The lowest BCUT2D eigenvalue weighted by atomic mass is 10.1. The number of nitrogens with one attached hydrogen (secondary N) is 5. The largest absolute Gasteiger partial charge is 0.453 e. The number of aromatic nitrogens is 5. The van der Waals surface area contributed by atoms with E-state index in [-0.39, 0.29) is 18.1 Å². The number of amides is 2. The van der Waals surface area contributed by atoms with Crippen LogP contribution in [0.1, 0.15) is 30.2 Å². The summed E-state index contributed by atoms with van der Waals surface area (Å²) in [5.41, 5.74) is 1.65. The molecule has 3 rings (SSSR count).